The average Bonchev–Trinajstić information content (AvgIpc) is 3.39. The summed E-state index contributed by atoms with van der Waals surface area (Å²) < 4.78 is 40.0. The molecule has 1 amide bonds. The van der Waals surface area contributed by atoms with Gasteiger partial charge < -0.3 is 9.80 Å². The number of aromatic nitrogens is 4. The van der Waals surface area contributed by atoms with Crippen molar-refractivity contribution in [3.63, 3.8) is 0 Å². The Morgan fingerprint density at radius 2 is 1.88 bits per heavy atom. The number of hydrogen-bond donors (Lipinski definition) is 1. The summed E-state index contributed by atoms with van der Waals surface area (Å²) in [6, 6.07) is 2.93. The highest BCUT2D eigenvalue weighted by molar-refractivity contribution is 6.32. The van der Waals surface area contributed by atoms with Crippen LogP contribution in [-0.2, 0) is 11.0 Å². The van der Waals surface area contributed by atoms with Crippen LogP contribution in [0, 0.1) is 11.8 Å². The number of likely N-dealkylation sites (tertiary alicyclic amines) is 1. The SMILES string of the molecule is CC(=O)N1CC2CN(c3nc4nn(-c5ccc(C(F)(F)F)cc5Cl)cc4c(=O)[nH]3)CC2C1. The molecule has 0 saturated carbocycles. The van der Waals surface area contributed by atoms with E-state index in [1.54, 1.807) is 6.92 Å². The summed E-state index contributed by atoms with van der Waals surface area (Å²) in [7, 11) is 0. The molecule has 2 atom stereocenters. The van der Waals surface area contributed by atoms with Gasteiger partial charge in [-0.1, -0.05) is 11.6 Å². The van der Waals surface area contributed by atoms with Crippen molar-refractivity contribution in [1.82, 2.24) is 24.6 Å². The smallest absolute Gasteiger partial charge is 0.342 e. The van der Waals surface area contributed by atoms with Crippen LogP contribution < -0.4 is 10.5 Å². The lowest BCUT2D eigenvalue weighted by molar-refractivity contribution is -0.137. The number of halogens is 4. The minimum Gasteiger partial charge on any atom is -0.342 e. The molecule has 1 aromatic carbocycles. The third-order valence-corrected chi connectivity index (χ3v) is 6.43. The molecule has 2 aliphatic rings. The number of amides is 1. The Kier molecular flexibility index (Phi) is 4.70. The third kappa shape index (κ3) is 3.50. The fourth-order valence-electron chi connectivity index (χ4n) is 4.47. The van der Waals surface area contributed by atoms with Crippen LogP contribution in [0.4, 0.5) is 19.1 Å². The number of rotatable bonds is 2. The van der Waals surface area contributed by atoms with Crippen molar-refractivity contribution < 1.29 is 18.0 Å². The van der Waals surface area contributed by atoms with Gasteiger partial charge in [0.15, 0.2) is 5.65 Å². The molecule has 1 N–H and O–H groups in total. The average molecular weight is 467 g/mol. The first-order valence-electron chi connectivity index (χ1n) is 9.97. The van der Waals surface area contributed by atoms with Crippen LogP contribution >= 0.6 is 11.6 Å². The zero-order chi connectivity index (χ0) is 22.8. The van der Waals surface area contributed by atoms with Gasteiger partial charge in [-0.25, -0.2) is 4.68 Å². The van der Waals surface area contributed by atoms with Crippen LogP contribution in [0.15, 0.2) is 29.2 Å². The fraction of sp³-hybridized carbons (Fsp3) is 0.400. The van der Waals surface area contributed by atoms with Gasteiger partial charge >= 0.3 is 6.18 Å². The molecular weight excluding hydrogens is 449 g/mol. The second-order valence-electron chi connectivity index (χ2n) is 8.21. The van der Waals surface area contributed by atoms with Gasteiger partial charge in [-0.05, 0) is 18.2 Å². The van der Waals surface area contributed by atoms with E-state index in [9.17, 15) is 22.8 Å². The first-order chi connectivity index (χ1) is 15.1. The largest absolute Gasteiger partial charge is 0.416 e. The highest BCUT2D eigenvalue weighted by Crippen LogP contribution is 2.34. The van der Waals surface area contributed by atoms with Gasteiger partial charge in [-0.3, -0.25) is 14.6 Å². The van der Waals surface area contributed by atoms with Gasteiger partial charge in [-0.15, -0.1) is 5.10 Å². The van der Waals surface area contributed by atoms with Crippen molar-refractivity contribution in [2.24, 2.45) is 11.8 Å². The van der Waals surface area contributed by atoms with E-state index < -0.39 is 17.3 Å². The Hall–Kier alpha value is -3.08. The minimum atomic E-state index is -4.51. The fourth-order valence-corrected chi connectivity index (χ4v) is 4.74. The number of benzene rings is 1. The first-order valence-corrected chi connectivity index (χ1v) is 10.3. The normalized spacial score (nSPS) is 20.9. The molecular formula is C20H18ClF3N6O2. The second-order valence-corrected chi connectivity index (χ2v) is 8.62. The number of fused-ring (bicyclic) bond motifs is 2. The Bertz CT molecular complexity index is 1270. The summed E-state index contributed by atoms with van der Waals surface area (Å²) in [5, 5.41) is 4.33. The van der Waals surface area contributed by atoms with E-state index in [1.807, 2.05) is 9.80 Å². The van der Waals surface area contributed by atoms with Gasteiger partial charge in [0.2, 0.25) is 11.9 Å². The van der Waals surface area contributed by atoms with Gasteiger partial charge in [0.05, 0.1) is 16.3 Å². The van der Waals surface area contributed by atoms with E-state index >= 15 is 0 Å². The minimum absolute atomic E-state index is 0.0615. The summed E-state index contributed by atoms with van der Waals surface area (Å²) in [6.07, 6.45) is -3.12. The molecule has 2 saturated heterocycles. The molecule has 0 spiro atoms. The number of H-pyrrole nitrogens is 1. The number of carbonyl (C=O) groups is 1. The molecule has 3 aromatic rings. The summed E-state index contributed by atoms with van der Waals surface area (Å²) >= 11 is 6.06. The van der Waals surface area contributed by atoms with Crippen molar-refractivity contribution in [2.45, 2.75) is 13.1 Å². The van der Waals surface area contributed by atoms with Crippen LogP contribution in [0.5, 0.6) is 0 Å². The Morgan fingerprint density at radius 1 is 1.19 bits per heavy atom. The first kappa shape index (κ1) is 20.8. The summed E-state index contributed by atoms with van der Waals surface area (Å²) in [5.41, 5.74) is -0.897. The molecule has 2 aromatic heterocycles. The Labute approximate surface area is 184 Å². The highest BCUT2D eigenvalue weighted by Gasteiger charge is 2.41. The maximum absolute atomic E-state index is 12.9. The lowest BCUT2D eigenvalue weighted by Crippen LogP contribution is -2.32. The highest BCUT2D eigenvalue weighted by atomic mass is 35.5. The van der Waals surface area contributed by atoms with E-state index in [4.69, 9.17) is 11.6 Å². The van der Waals surface area contributed by atoms with Gasteiger partial charge in [-0.2, -0.15) is 18.2 Å². The number of aromatic amines is 1. The quantitative estimate of drug-likeness (QED) is 0.627. The van der Waals surface area contributed by atoms with E-state index in [2.05, 4.69) is 15.1 Å². The van der Waals surface area contributed by atoms with Gasteiger partial charge in [0.1, 0.15) is 5.39 Å². The molecule has 5 rings (SSSR count). The van der Waals surface area contributed by atoms with Crippen LogP contribution in [0.2, 0.25) is 5.02 Å². The lowest BCUT2D eigenvalue weighted by atomic mass is 10.0. The number of nitrogens with zero attached hydrogens (tertiary/aromatic N) is 5. The Balaban J connectivity index is 1.44. The Morgan fingerprint density at radius 3 is 2.47 bits per heavy atom. The van der Waals surface area contributed by atoms with Crippen molar-refractivity contribution in [3.8, 4) is 5.69 Å². The maximum atomic E-state index is 12.9. The lowest BCUT2D eigenvalue weighted by Gasteiger charge is -2.21. The molecule has 32 heavy (non-hydrogen) atoms. The zero-order valence-electron chi connectivity index (χ0n) is 16.9. The van der Waals surface area contributed by atoms with Gasteiger partial charge in [0.25, 0.3) is 5.56 Å². The van der Waals surface area contributed by atoms with Crippen LogP contribution in [0.25, 0.3) is 16.7 Å². The van der Waals surface area contributed by atoms with E-state index in [0.717, 1.165) is 12.1 Å². The third-order valence-electron chi connectivity index (χ3n) is 6.13. The van der Waals surface area contributed by atoms with Crippen LogP contribution in [0.3, 0.4) is 0 Å². The van der Waals surface area contributed by atoms with E-state index in [-0.39, 0.29) is 27.7 Å². The van der Waals surface area contributed by atoms with E-state index in [1.165, 1.54) is 16.9 Å². The van der Waals surface area contributed by atoms with Crippen molar-refractivity contribution in [3.05, 3.63) is 45.3 Å². The van der Waals surface area contributed by atoms with Crippen LogP contribution in [-0.4, -0.2) is 56.7 Å². The topological polar surface area (TPSA) is 87.1 Å². The molecule has 2 unspecified atom stereocenters. The monoisotopic (exact) mass is 466 g/mol. The van der Waals surface area contributed by atoms with Crippen molar-refractivity contribution >= 4 is 34.5 Å². The summed E-state index contributed by atoms with van der Waals surface area (Å²) in [4.78, 5) is 35.3. The van der Waals surface area contributed by atoms with Crippen LogP contribution in [0.1, 0.15) is 12.5 Å². The molecule has 0 aliphatic carbocycles. The number of hydrogen-bond acceptors (Lipinski definition) is 5. The number of alkyl halides is 3. The molecule has 168 valence electrons. The van der Waals surface area contributed by atoms with Crippen molar-refractivity contribution in [1.29, 1.82) is 0 Å². The number of carbonyl (C=O) groups excluding carboxylic acids is 1. The van der Waals surface area contributed by atoms with Gasteiger partial charge in [0, 0.05) is 51.1 Å². The zero-order valence-corrected chi connectivity index (χ0v) is 17.6. The summed E-state index contributed by atoms with van der Waals surface area (Å²) in [5.74, 6) is 1.06. The number of anilines is 1. The predicted molar refractivity (Wildman–Crippen MR) is 111 cm³/mol. The second kappa shape index (κ2) is 7.22. The van der Waals surface area contributed by atoms with Crippen molar-refractivity contribution in [2.75, 3.05) is 31.1 Å². The standard InChI is InChI=1S/C20H18ClF3N6O2/c1-10(31)28-5-11-7-29(8-12(11)6-28)19-25-17-14(18(32)26-19)9-30(27-17)16-3-2-13(4-15(16)21)20(22,23)24/h2-4,9,11-12H,5-8H2,1H3,(H,25,26,27,32). The predicted octanol–water partition coefficient (Wildman–Crippen LogP) is 2.70. The molecule has 2 aliphatic heterocycles. The molecule has 8 nitrogen and oxygen atoms in total. The molecule has 12 heteroatoms. The molecule has 0 radical (unpaired) electrons. The molecule has 0 bridgehead atoms. The summed E-state index contributed by atoms with van der Waals surface area (Å²) in [6.45, 7) is 4.25. The molecule has 2 fully saturated rings. The maximum Gasteiger partial charge on any atom is 0.416 e. The number of nitrogens with one attached hydrogen (secondary N) is 1. The van der Waals surface area contributed by atoms with E-state index in [0.29, 0.717) is 44.0 Å². The molecule has 4 heterocycles.